The molecule has 0 atom stereocenters. The van der Waals surface area contributed by atoms with Crippen LogP contribution in [0.15, 0.2) is 24.3 Å². The van der Waals surface area contributed by atoms with E-state index < -0.39 is 11.9 Å². The molecule has 8 nitrogen and oxygen atoms in total. The lowest BCUT2D eigenvalue weighted by Gasteiger charge is -2.04. The summed E-state index contributed by atoms with van der Waals surface area (Å²) in [6.07, 6.45) is 7.89. The third-order valence-corrected chi connectivity index (χ3v) is 3.02. The third-order valence-electron chi connectivity index (χ3n) is 3.02. The van der Waals surface area contributed by atoms with E-state index in [1.807, 2.05) is 0 Å². The number of hydrogen-bond donors (Lipinski definition) is 2. The molecule has 0 fully saturated rings. The molecule has 0 aromatic heterocycles. The van der Waals surface area contributed by atoms with Crippen LogP contribution in [-0.2, 0) is 28.7 Å². The van der Waals surface area contributed by atoms with Gasteiger partial charge in [0.25, 0.3) is 0 Å². The molecule has 0 heterocycles. The van der Waals surface area contributed by atoms with Gasteiger partial charge in [-0.05, 0) is 26.7 Å². The number of amides is 2. The highest BCUT2D eigenvalue weighted by molar-refractivity contribution is 5.95. The molecule has 2 N–H and O–H groups in total. The Bertz CT molecular complexity index is 468. The minimum atomic E-state index is -0.540. The Labute approximate surface area is 154 Å². The minimum Gasteiger partial charge on any atom is -0.463 e. The van der Waals surface area contributed by atoms with E-state index in [2.05, 4.69) is 20.1 Å². The topological polar surface area (TPSA) is 111 Å². The van der Waals surface area contributed by atoms with Crippen LogP contribution in [0.2, 0.25) is 0 Å². The third kappa shape index (κ3) is 14.9. The molecule has 0 bridgehead atoms. The maximum atomic E-state index is 11.4. The predicted molar refractivity (Wildman–Crippen MR) is 96.0 cm³/mol. The lowest BCUT2D eigenvalue weighted by atomic mass is 10.2. The summed E-state index contributed by atoms with van der Waals surface area (Å²) < 4.78 is 9.33. The van der Waals surface area contributed by atoms with Crippen molar-refractivity contribution in [1.82, 2.24) is 10.6 Å². The summed E-state index contributed by atoms with van der Waals surface area (Å²) in [7, 11) is 0. The van der Waals surface area contributed by atoms with Crippen molar-refractivity contribution in [2.24, 2.45) is 0 Å². The first-order chi connectivity index (χ1) is 12.5. The average molecular weight is 368 g/mol. The molecule has 0 unspecified atom stereocenters. The first-order valence-electron chi connectivity index (χ1n) is 8.74. The normalized spacial score (nSPS) is 10.7. The Balaban J connectivity index is 3.59. The number of unbranched alkanes of at least 4 members (excludes halogenated alkanes) is 3. The van der Waals surface area contributed by atoms with Crippen LogP contribution in [0, 0.1) is 0 Å². The van der Waals surface area contributed by atoms with Crippen LogP contribution in [0.4, 0.5) is 0 Å². The number of carbonyl (C=O) groups is 4. The second-order valence-electron chi connectivity index (χ2n) is 5.17. The summed E-state index contributed by atoms with van der Waals surface area (Å²) in [6, 6.07) is 0. The summed E-state index contributed by atoms with van der Waals surface area (Å²) in [4.78, 5) is 44.9. The van der Waals surface area contributed by atoms with Crippen LogP contribution in [-0.4, -0.2) is 50.1 Å². The van der Waals surface area contributed by atoms with E-state index in [9.17, 15) is 19.2 Å². The van der Waals surface area contributed by atoms with Gasteiger partial charge in [-0.15, -0.1) is 0 Å². The number of ether oxygens (including phenoxy) is 2. The molecule has 0 saturated heterocycles. The fourth-order valence-corrected chi connectivity index (χ4v) is 1.81. The number of rotatable bonds is 13. The van der Waals surface area contributed by atoms with Gasteiger partial charge in [-0.25, -0.2) is 9.59 Å². The monoisotopic (exact) mass is 368 g/mol. The first-order valence-corrected chi connectivity index (χ1v) is 8.74. The Morgan fingerprint density at radius 3 is 1.38 bits per heavy atom. The molecule has 0 aliphatic rings. The summed E-state index contributed by atoms with van der Waals surface area (Å²) in [5.74, 6) is -1.75. The smallest absolute Gasteiger partial charge is 0.330 e. The maximum Gasteiger partial charge on any atom is 0.330 e. The zero-order valence-electron chi connectivity index (χ0n) is 15.4. The average Bonchev–Trinajstić information content (AvgIpc) is 2.61. The van der Waals surface area contributed by atoms with E-state index in [0.717, 1.165) is 50.0 Å². The van der Waals surface area contributed by atoms with Crippen LogP contribution in [0.3, 0.4) is 0 Å². The van der Waals surface area contributed by atoms with Crippen molar-refractivity contribution in [1.29, 1.82) is 0 Å². The van der Waals surface area contributed by atoms with Gasteiger partial charge in [0, 0.05) is 37.4 Å². The highest BCUT2D eigenvalue weighted by Gasteiger charge is 2.00. The lowest BCUT2D eigenvalue weighted by molar-refractivity contribution is -0.138. The van der Waals surface area contributed by atoms with Crippen molar-refractivity contribution in [2.45, 2.75) is 39.5 Å². The summed E-state index contributed by atoms with van der Waals surface area (Å²) >= 11 is 0. The van der Waals surface area contributed by atoms with Gasteiger partial charge < -0.3 is 20.1 Å². The number of hydrogen-bond acceptors (Lipinski definition) is 6. The molecule has 8 heteroatoms. The molecule has 2 amide bonds. The van der Waals surface area contributed by atoms with Crippen molar-refractivity contribution in [3.63, 3.8) is 0 Å². The molecule has 0 saturated carbocycles. The van der Waals surface area contributed by atoms with Gasteiger partial charge in [-0.3, -0.25) is 9.59 Å². The number of carbonyl (C=O) groups excluding carboxylic acids is 4. The summed E-state index contributed by atoms with van der Waals surface area (Å²) in [6.45, 7) is 4.95. The second-order valence-corrected chi connectivity index (χ2v) is 5.17. The van der Waals surface area contributed by atoms with E-state index in [1.54, 1.807) is 13.8 Å². The standard InChI is InChI=1S/C18H28N2O6/c1-3-25-17(23)11-9-15(21)19-13-7-5-6-8-14-20-16(22)10-12-18(24)26-4-2/h9-12H,3-8,13-14H2,1-2H3,(H,19,21)(H,20,22). The molecule has 0 aromatic rings. The maximum absolute atomic E-state index is 11.4. The Morgan fingerprint density at radius 1 is 0.654 bits per heavy atom. The van der Waals surface area contributed by atoms with Crippen LogP contribution in [0.1, 0.15) is 39.5 Å². The second kappa shape index (κ2) is 15.9. The molecular formula is C18H28N2O6. The fraction of sp³-hybridized carbons (Fsp3) is 0.556. The Kier molecular flexibility index (Phi) is 14.3. The van der Waals surface area contributed by atoms with Crippen molar-refractivity contribution >= 4 is 23.8 Å². The largest absolute Gasteiger partial charge is 0.463 e. The minimum absolute atomic E-state index is 0.271. The van der Waals surface area contributed by atoms with Gasteiger partial charge in [-0.2, -0.15) is 0 Å². The molecule has 0 radical (unpaired) electrons. The Hall–Kier alpha value is -2.64. The van der Waals surface area contributed by atoms with Gasteiger partial charge >= 0.3 is 11.9 Å². The van der Waals surface area contributed by atoms with E-state index in [4.69, 9.17) is 0 Å². The van der Waals surface area contributed by atoms with Crippen molar-refractivity contribution < 1.29 is 28.7 Å². The van der Waals surface area contributed by atoms with Crippen LogP contribution >= 0.6 is 0 Å². The zero-order chi connectivity index (χ0) is 19.6. The van der Waals surface area contributed by atoms with E-state index in [0.29, 0.717) is 13.1 Å². The first kappa shape index (κ1) is 23.4. The highest BCUT2D eigenvalue weighted by Crippen LogP contribution is 1.98. The fourth-order valence-electron chi connectivity index (χ4n) is 1.81. The molecular weight excluding hydrogens is 340 g/mol. The van der Waals surface area contributed by atoms with E-state index in [1.165, 1.54) is 0 Å². The van der Waals surface area contributed by atoms with Crippen LogP contribution < -0.4 is 10.6 Å². The lowest BCUT2D eigenvalue weighted by Crippen LogP contribution is -2.23. The summed E-state index contributed by atoms with van der Waals surface area (Å²) in [5.41, 5.74) is 0. The van der Waals surface area contributed by atoms with Gasteiger partial charge in [0.1, 0.15) is 0 Å². The number of nitrogens with one attached hydrogen (secondary N) is 2. The van der Waals surface area contributed by atoms with Crippen molar-refractivity contribution in [2.75, 3.05) is 26.3 Å². The molecule has 0 rings (SSSR count). The number of esters is 2. The molecule has 26 heavy (non-hydrogen) atoms. The molecule has 0 aliphatic heterocycles. The van der Waals surface area contributed by atoms with Gasteiger partial charge in [0.2, 0.25) is 11.8 Å². The SMILES string of the molecule is CCOC(=O)C=CC(=O)NCCCCCCNC(=O)C=CC(=O)OCC. The van der Waals surface area contributed by atoms with E-state index >= 15 is 0 Å². The quantitative estimate of drug-likeness (QED) is 0.285. The molecule has 0 aromatic carbocycles. The van der Waals surface area contributed by atoms with E-state index in [-0.39, 0.29) is 25.0 Å². The molecule has 0 aliphatic carbocycles. The van der Waals surface area contributed by atoms with Crippen LogP contribution in [0.25, 0.3) is 0 Å². The van der Waals surface area contributed by atoms with Crippen molar-refractivity contribution in [3.8, 4) is 0 Å². The molecule has 146 valence electrons. The van der Waals surface area contributed by atoms with Crippen LogP contribution in [0.5, 0.6) is 0 Å². The predicted octanol–water partition coefficient (Wildman–Crippen LogP) is 1.02. The van der Waals surface area contributed by atoms with Gasteiger partial charge in [-0.1, -0.05) is 12.8 Å². The van der Waals surface area contributed by atoms with Crippen molar-refractivity contribution in [3.05, 3.63) is 24.3 Å². The van der Waals surface area contributed by atoms with Gasteiger partial charge in [0.15, 0.2) is 0 Å². The highest BCUT2D eigenvalue weighted by atomic mass is 16.5. The summed E-state index contributed by atoms with van der Waals surface area (Å²) in [5, 5.41) is 5.34. The molecule has 0 spiro atoms. The Morgan fingerprint density at radius 2 is 1.04 bits per heavy atom. The van der Waals surface area contributed by atoms with Gasteiger partial charge in [0.05, 0.1) is 13.2 Å². The zero-order valence-corrected chi connectivity index (χ0v) is 15.4.